The molecule has 1 aliphatic rings. The van der Waals surface area contributed by atoms with E-state index < -0.39 is 11.9 Å². The molecule has 0 aliphatic carbocycles. The molecule has 19 heavy (non-hydrogen) atoms. The van der Waals surface area contributed by atoms with Gasteiger partial charge >= 0.3 is 5.97 Å². The second-order valence-electron chi connectivity index (χ2n) is 4.81. The second kappa shape index (κ2) is 6.12. The van der Waals surface area contributed by atoms with E-state index in [0.29, 0.717) is 13.2 Å². The summed E-state index contributed by atoms with van der Waals surface area (Å²) in [4.78, 5) is 17.8. The highest BCUT2D eigenvalue weighted by molar-refractivity contribution is 5.71. The van der Waals surface area contributed by atoms with Crippen LogP contribution in [0.2, 0.25) is 0 Å². The van der Waals surface area contributed by atoms with Crippen LogP contribution >= 0.6 is 0 Å². The molecule has 3 unspecified atom stereocenters. The number of likely N-dealkylation sites (N-methyl/N-ethyl adjacent to an activating group) is 1. The summed E-state index contributed by atoms with van der Waals surface area (Å²) in [5.41, 5.74) is 0.959. The summed E-state index contributed by atoms with van der Waals surface area (Å²) in [5, 5.41) is 9.26. The number of carbonyl (C=O) groups is 1. The number of rotatable bonds is 5. The van der Waals surface area contributed by atoms with Crippen LogP contribution in [0.5, 0.6) is 0 Å². The van der Waals surface area contributed by atoms with Crippen LogP contribution < -0.4 is 0 Å². The minimum atomic E-state index is -0.783. The monoisotopic (exact) mass is 264 g/mol. The molecule has 104 valence electrons. The molecule has 0 spiro atoms. The molecule has 0 bridgehead atoms. The van der Waals surface area contributed by atoms with E-state index in [0.717, 1.165) is 12.2 Å². The van der Waals surface area contributed by atoms with Gasteiger partial charge in [-0.05, 0) is 25.6 Å². The van der Waals surface area contributed by atoms with Gasteiger partial charge in [-0.25, -0.2) is 0 Å². The van der Waals surface area contributed by atoms with Crippen LogP contribution in [0.25, 0.3) is 0 Å². The van der Waals surface area contributed by atoms with Crippen molar-refractivity contribution in [2.45, 2.75) is 25.9 Å². The summed E-state index contributed by atoms with van der Waals surface area (Å²) in [6.45, 7) is 5.64. The lowest BCUT2D eigenvalue weighted by Crippen LogP contribution is -2.44. The third kappa shape index (κ3) is 2.93. The van der Waals surface area contributed by atoms with Gasteiger partial charge in [-0.2, -0.15) is 0 Å². The molecule has 1 fully saturated rings. The van der Waals surface area contributed by atoms with Crippen molar-refractivity contribution in [2.24, 2.45) is 5.92 Å². The molecule has 2 heterocycles. The topological polar surface area (TPSA) is 62.7 Å². The number of aliphatic carboxylic acids is 1. The van der Waals surface area contributed by atoms with Crippen LogP contribution in [0.15, 0.2) is 24.4 Å². The van der Waals surface area contributed by atoms with Gasteiger partial charge in [0.2, 0.25) is 0 Å². The van der Waals surface area contributed by atoms with Gasteiger partial charge in [0.25, 0.3) is 0 Å². The van der Waals surface area contributed by atoms with E-state index in [2.05, 4.69) is 16.8 Å². The van der Waals surface area contributed by atoms with Crippen LogP contribution in [-0.2, 0) is 9.53 Å². The van der Waals surface area contributed by atoms with Gasteiger partial charge in [0.05, 0.1) is 24.8 Å². The summed E-state index contributed by atoms with van der Waals surface area (Å²) in [7, 11) is 0. The van der Waals surface area contributed by atoms with Crippen molar-refractivity contribution in [3.63, 3.8) is 0 Å². The van der Waals surface area contributed by atoms with Crippen LogP contribution in [0.4, 0.5) is 0 Å². The van der Waals surface area contributed by atoms with Gasteiger partial charge in [0.1, 0.15) is 0 Å². The summed E-state index contributed by atoms with van der Waals surface area (Å²) in [6, 6.07) is 5.80. The average Bonchev–Trinajstić information content (AvgIpc) is 2.90. The fraction of sp³-hybridized carbons (Fsp3) is 0.571. The molecule has 1 saturated heterocycles. The predicted molar refractivity (Wildman–Crippen MR) is 70.8 cm³/mol. The van der Waals surface area contributed by atoms with Gasteiger partial charge < -0.3 is 9.84 Å². The summed E-state index contributed by atoms with van der Waals surface area (Å²) >= 11 is 0. The highest BCUT2D eigenvalue weighted by Gasteiger charge is 2.39. The van der Waals surface area contributed by atoms with Gasteiger partial charge in [-0.3, -0.25) is 14.7 Å². The van der Waals surface area contributed by atoms with Crippen molar-refractivity contribution in [3.8, 4) is 0 Å². The van der Waals surface area contributed by atoms with Crippen molar-refractivity contribution in [1.82, 2.24) is 9.88 Å². The fourth-order valence-corrected chi connectivity index (χ4v) is 2.69. The first-order valence-corrected chi connectivity index (χ1v) is 6.62. The van der Waals surface area contributed by atoms with E-state index in [1.807, 2.05) is 25.1 Å². The Balaban J connectivity index is 2.17. The van der Waals surface area contributed by atoms with E-state index in [1.54, 1.807) is 6.20 Å². The maximum Gasteiger partial charge on any atom is 0.310 e. The standard InChI is InChI=1S/C14H20N2O3/c1-3-16(10(2)12-6-4-5-7-15-12)13-9-19-8-11(13)14(17)18/h4-7,10-11,13H,3,8-9H2,1-2H3,(H,17,18). The maximum absolute atomic E-state index is 11.3. The Kier molecular flexibility index (Phi) is 4.50. The van der Waals surface area contributed by atoms with Gasteiger partial charge in [-0.1, -0.05) is 13.0 Å². The van der Waals surface area contributed by atoms with E-state index in [9.17, 15) is 9.90 Å². The summed E-state index contributed by atoms with van der Waals surface area (Å²) in [5.74, 6) is -1.24. The summed E-state index contributed by atoms with van der Waals surface area (Å²) < 4.78 is 5.36. The molecule has 1 aromatic rings. The van der Waals surface area contributed by atoms with Gasteiger partial charge in [0, 0.05) is 18.3 Å². The molecular formula is C14H20N2O3. The summed E-state index contributed by atoms with van der Waals surface area (Å²) in [6.07, 6.45) is 1.76. The lowest BCUT2D eigenvalue weighted by atomic mass is 10.00. The Bertz CT molecular complexity index is 424. The van der Waals surface area contributed by atoms with Crippen LogP contribution in [-0.4, -0.2) is 46.8 Å². The molecule has 5 heteroatoms. The molecular weight excluding hydrogens is 244 g/mol. The first-order valence-electron chi connectivity index (χ1n) is 6.62. The second-order valence-corrected chi connectivity index (χ2v) is 4.81. The Morgan fingerprint density at radius 2 is 2.37 bits per heavy atom. The zero-order valence-electron chi connectivity index (χ0n) is 11.3. The smallest absolute Gasteiger partial charge is 0.310 e. The Labute approximate surface area is 113 Å². The van der Waals surface area contributed by atoms with Crippen molar-refractivity contribution >= 4 is 5.97 Å². The number of pyridine rings is 1. The molecule has 0 amide bonds. The molecule has 0 aromatic carbocycles. The molecule has 5 nitrogen and oxygen atoms in total. The average molecular weight is 264 g/mol. The quantitative estimate of drug-likeness (QED) is 0.874. The number of hydrogen-bond donors (Lipinski definition) is 1. The van der Waals surface area contributed by atoms with Crippen molar-refractivity contribution in [2.75, 3.05) is 19.8 Å². The zero-order valence-corrected chi connectivity index (χ0v) is 11.3. The third-order valence-electron chi connectivity index (χ3n) is 3.77. The highest BCUT2D eigenvalue weighted by atomic mass is 16.5. The van der Waals surface area contributed by atoms with Crippen LogP contribution in [0.1, 0.15) is 25.6 Å². The number of ether oxygens (including phenoxy) is 1. The first-order chi connectivity index (χ1) is 9.15. The number of nitrogens with zero attached hydrogens (tertiary/aromatic N) is 2. The Morgan fingerprint density at radius 3 is 2.95 bits per heavy atom. The highest BCUT2D eigenvalue weighted by Crippen LogP contribution is 2.27. The molecule has 3 atom stereocenters. The van der Waals surface area contributed by atoms with Crippen molar-refractivity contribution in [1.29, 1.82) is 0 Å². The zero-order chi connectivity index (χ0) is 13.8. The normalized spacial score (nSPS) is 24.6. The number of hydrogen-bond acceptors (Lipinski definition) is 4. The van der Waals surface area contributed by atoms with Crippen LogP contribution in [0.3, 0.4) is 0 Å². The molecule has 2 rings (SSSR count). The predicted octanol–water partition coefficient (Wildman–Crippen LogP) is 1.56. The molecule has 1 aromatic heterocycles. The minimum Gasteiger partial charge on any atom is -0.481 e. The van der Waals surface area contributed by atoms with E-state index in [-0.39, 0.29) is 12.1 Å². The number of carboxylic acid groups (broad SMARTS) is 1. The Morgan fingerprint density at radius 1 is 1.58 bits per heavy atom. The molecule has 0 saturated carbocycles. The lowest BCUT2D eigenvalue weighted by Gasteiger charge is -2.34. The van der Waals surface area contributed by atoms with Crippen molar-refractivity contribution < 1.29 is 14.6 Å². The number of carboxylic acids is 1. The largest absolute Gasteiger partial charge is 0.481 e. The van der Waals surface area contributed by atoms with Gasteiger partial charge in [0.15, 0.2) is 0 Å². The Hall–Kier alpha value is -1.46. The van der Waals surface area contributed by atoms with E-state index in [4.69, 9.17) is 4.74 Å². The molecule has 0 radical (unpaired) electrons. The maximum atomic E-state index is 11.3. The SMILES string of the molecule is CCN(C(C)c1ccccn1)C1COCC1C(=O)O. The van der Waals surface area contributed by atoms with Crippen molar-refractivity contribution in [3.05, 3.63) is 30.1 Å². The van der Waals surface area contributed by atoms with E-state index in [1.165, 1.54) is 0 Å². The molecule has 1 N–H and O–H groups in total. The lowest BCUT2D eigenvalue weighted by molar-refractivity contribution is -0.143. The molecule has 1 aliphatic heterocycles. The minimum absolute atomic E-state index is 0.0831. The fourth-order valence-electron chi connectivity index (χ4n) is 2.69. The van der Waals surface area contributed by atoms with Gasteiger partial charge in [-0.15, -0.1) is 0 Å². The number of aromatic nitrogens is 1. The first kappa shape index (κ1) is 14.0. The third-order valence-corrected chi connectivity index (χ3v) is 3.77. The van der Waals surface area contributed by atoms with E-state index >= 15 is 0 Å². The van der Waals surface area contributed by atoms with Crippen LogP contribution in [0, 0.1) is 5.92 Å².